The Morgan fingerprint density at radius 2 is 1.59 bits per heavy atom. The number of nitrogens with two attached hydrogens (primary N) is 4. The largest absolute Gasteiger partial charge is 0.480 e. The highest BCUT2D eigenvalue weighted by atomic mass is 32.1. The van der Waals surface area contributed by atoms with Crippen molar-refractivity contribution in [2.75, 3.05) is 25.4 Å². The average molecular weight is 576 g/mol. The molecule has 0 aromatic rings. The van der Waals surface area contributed by atoms with E-state index in [1.54, 1.807) is 6.92 Å². The third kappa shape index (κ3) is 15.2. The van der Waals surface area contributed by atoms with Crippen molar-refractivity contribution < 1.29 is 29.1 Å². The Kier molecular flexibility index (Phi) is 18.3. The van der Waals surface area contributed by atoms with Gasteiger partial charge in [-0.2, -0.15) is 12.6 Å². The quantitative estimate of drug-likeness (QED) is 0.0306. The Bertz CT molecular complexity index is 841. The van der Waals surface area contributed by atoms with Gasteiger partial charge in [-0.3, -0.25) is 24.2 Å². The minimum absolute atomic E-state index is 0.0621. The fraction of sp³-hybridized carbons (Fsp3) is 0.739. The van der Waals surface area contributed by atoms with E-state index in [1.165, 1.54) is 0 Å². The van der Waals surface area contributed by atoms with E-state index in [4.69, 9.17) is 22.9 Å². The smallest absolute Gasteiger partial charge is 0.327 e. The predicted molar refractivity (Wildman–Crippen MR) is 151 cm³/mol. The minimum atomic E-state index is -1.25. The molecule has 39 heavy (non-hydrogen) atoms. The highest BCUT2D eigenvalue weighted by molar-refractivity contribution is 7.80. The molecule has 0 aliphatic carbocycles. The normalized spacial score (nSPS) is 14.6. The summed E-state index contributed by atoms with van der Waals surface area (Å²) in [6.07, 6.45) is 2.62. The summed E-state index contributed by atoms with van der Waals surface area (Å²) in [6, 6.07) is -4.17. The molecule has 0 saturated carbocycles. The van der Waals surface area contributed by atoms with Crippen LogP contribution in [0.1, 0.15) is 52.4 Å². The maximum Gasteiger partial charge on any atom is 0.327 e. The summed E-state index contributed by atoms with van der Waals surface area (Å²) in [5.74, 6) is -4.27. The van der Waals surface area contributed by atoms with Crippen molar-refractivity contribution in [3.63, 3.8) is 0 Å². The van der Waals surface area contributed by atoms with Crippen molar-refractivity contribution in [3.05, 3.63) is 0 Å². The number of guanidine groups is 1. The molecule has 16 heteroatoms. The van der Waals surface area contributed by atoms with Gasteiger partial charge in [0, 0.05) is 12.3 Å². The highest BCUT2D eigenvalue weighted by Crippen LogP contribution is 2.10. The molecule has 4 amide bonds. The summed E-state index contributed by atoms with van der Waals surface area (Å²) >= 11 is 3.94. The second-order valence-corrected chi connectivity index (χ2v) is 9.50. The first kappa shape index (κ1) is 35.9. The molecule has 15 nitrogen and oxygen atoms in total. The predicted octanol–water partition coefficient (Wildman–Crippen LogP) is -2.87. The molecule has 0 rings (SSSR count). The molecule has 0 aliphatic heterocycles. The van der Waals surface area contributed by atoms with E-state index in [0.717, 1.165) is 0 Å². The van der Waals surface area contributed by atoms with Gasteiger partial charge in [-0.15, -0.1) is 0 Å². The lowest BCUT2D eigenvalue weighted by atomic mass is 9.97. The van der Waals surface area contributed by atoms with Crippen LogP contribution in [-0.4, -0.2) is 90.2 Å². The number of carbonyl (C=O) groups is 5. The van der Waals surface area contributed by atoms with Gasteiger partial charge in [0.1, 0.15) is 18.1 Å². The number of unbranched alkanes of at least 4 members (excludes halogenated alkanes) is 1. The Hall–Kier alpha value is -3.11. The summed E-state index contributed by atoms with van der Waals surface area (Å²) in [4.78, 5) is 65.8. The molecule has 0 aliphatic rings. The number of carboxylic acid groups (broad SMARTS) is 1. The van der Waals surface area contributed by atoms with Crippen LogP contribution in [0.2, 0.25) is 0 Å². The number of amides is 4. The third-order valence-electron chi connectivity index (χ3n) is 5.92. The Morgan fingerprint density at radius 1 is 0.923 bits per heavy atom. The van der Waals surface area contributed by atoms with Gasteiger partial charge in [0.05, 0.1) is 12.6 Å². The van der Waals surface area contributed by atoms with Crippen LogP contribution in [0.5, 0.6) is 0 Å². The van der Waals surface area contributed by atoms with E-state index in [-0.39, 0.29) is 24.1 Å². The molecule has 0 aromatic carbocycles. The zero-order chi connectivity index (χ0) is 30.0. The fourth-order valence-electron chi connectivity index (χ4n) is 3.36. The molecule has 0 heterocycles. The van der Waals surface area contributed by atoms with E-state index in [1.807, 2.05) is 6.92 Å². The highest BCUT2D eigenvalue weighted by Gasteiger charge is 2.32. The van der Waals surface area contributed by atoms with Gasteiger partial charge in [0.15, 0.2) is 5.96 Å². The molecular weight excluding hydrogens is 530 g/mol. The summed E-state index contributed by atoms with van der Waals surface area (Å²) < 4.78 is 0. The molecule has 0 spiro atoms. The monoisotopic (exact) mass is 575 g/mol. The number of nitrogens with zero attached hydrogens (tertiary/aromatic N) is 1. The average Bonchev–Trinajstić information content (AvgIpc) is 2.89. The molecule has 0 saturated heterocycles. The molecule has 13 N–H and O–H groups in total. The van der Waals surface area contributed by atoms with Crippen LogP contribution in [0.3, 0.4) is 0 Å². The lowest BCUT2D eigenvalue weighted by Gasteiger charge is -2.27. The summed E-state index contributed by atoms with van der Waals surface area (Å²) in [5, 5.41) is 19.2. The van der Waals surface area contributed by atoms with Gasteiger partial charge < -0.3 is 49.3 Å². The Labute approximate surface area is 234 Å². The number of hydrogen-bond acceptors (Lipinski definition) is 9. The van der Waals surface area contributed by atoms with Gasteiger partial charge >= 0.3 is 5.97 Å². The van der Waals surface area contributed by atoms with Crippen LogP contribution < -0.4 is 44.2 Å². The van der Waals surface area contributed by atoms with Crippen LogP contribution in [0.25, 0.3) is 0 Å². The molecule has 224 valence electrons. The van der Waals surface area contributed by atoms with E-state index in [0.29, 0.717) is 45.2 Å². The van der Waals surface area contributed by atoms with Crippen LogP contribution >= 0.6 is 12.6 Å². The van der Waals surface area contributed by atoms with Gasteiger partial charge in [-0.1, -0.05) is 20.3 Å². The number of nitrogens with one attached hydrogen (secondary N) is 4. The van der Waals surface area contributed by atoms with E-state index in [2.05, 4.69) is 38.9 Å². The van der Waals surface area contributed by atoms with Gasteiger partial charge in [0.25, 0.3) is 0 Å². The Balaban J connectivity index is 5.24. The Morgan fingerprint density at radius 3 is 2.13 bits per heavy atom. The van der Waals surface area contributed by atoms with Gasteiger partial charge in [0.2, 0.25) is 23.6 Å². The number of thiol groups is 1. The van der Waals surface area contributed by atoms with E-state index in [9.17, 15) is 29.1 Å². The van der Waals surface area contributed by atoms with Gasteiger partial charge in [-0.25, -0.2) is 4.79 Å². The first-order valence-corrected chi connectivity index (χ1v) is 13.5. The number of aliphatic carboxylic acids is 1. The number of carboxylic acids is 1. The zero-order valence-electron chi connectivity index (χ0n) is 22.7. The first-order valence-electron chi connectivity index (χ1n) is 12.9. The van der Waals surface area contributed by atoms with Crippen molar-refractivity contribution in [2.45, 2.75) is 76.5 Å². The van der Waals surface area contributed by atoms with Crippen LogP contribution in [0.15, 0.2) is 4.99 Å². The number of hydrogen-bond donors (Lipinski definition) is 10. The molecule has 5 atom stereocenters. The second-order valence-electron chi connectivity index (χ2n) is 9.13. The fourth-order valence-corrected chi connectivity index (χ4v) is 3.61. The van der Waals surface area contributed by atoms with E-state index >= 15 is 0 Å². The minimum Gasteiger partial charge on any atom is -0.480 e. The van der Waals surface area contributed by atoms with Crippen LogP contribution in [0.4, 0.5) is 0 Å². The first-order chi connectivity index (χ1) is 18.4. The number of carbonyl (C=O) groups excluding carboxylic acids is 4. The summed E-state index contributed by atoms with van der Waals surface area (Å²) in [5.41, 5.74) is 21.9. The number of rotatable bonds is 20. The topological polar surface area (TPSA) is 270 Å². The lowest BCUT2D eigenvalue weighted by molar-refractivity contribution is -0.142. The maximum atomic E-state index is 13.1. The van der Waals surface area contributed by atoms with Crippen molar-refractivity contribution in [1.82, 2.24) is 21.3 Å². The second kappa shape index (κ2) is 19.9. The SMILES string of the molecule is CCC(C)C(NC(=O)C(CCCCN)NC(=O)CNC(=O)C(N)CCCN=C(N)N)C(=O)NC(CS)C(=O)O. The van der Waals surface area contributed by atoms with Crippen molar-refractivity contribution in [3.8, 4) is 0 Å². The third-order valence-corrected chi connectivity index (χ3v) is 6.28. The molecule has 0 aromatic heterocycles. The van der Waals surface area contributed by atoms with Crippen LogP contribution in [0, 0.1) is 5.92 Å². The van der Waals surface area contributed by atoms with Crippen LogP contribution in [-0.2, 0) is 24.0 Å². The molecule has 5 unspecified atom stereocenters. The maximum absolute atomic E-state index is 13.1. The van der Waals surface area contributed by atoms with Crippen molar-refractivity contribution in [1.29, 1.82) is 0 Å². The zero-order valence-corrected chi connectivity index (χ0v) is 23.5. The van der Waals surface area contributed by atoms with Crippen molar-refractivity contribution >= 4 is 48.2 Å². The van der Waals surface area contributed by atoms with E-state index < -0.39 is 60.3 Å². The molecule has 0 bridgehead atoms. The standard InChI is InChI=1S/C23H45N9O6S/c1-3-13(2)18(21(36)31-16(12-39)22(37)38)32-20(35)15(8-4-5-9-24)30-17(33)11-29-19(34)14(25)7-6-10-28-23(26)27/h13-16,18,39H,3-12,24-25H2,1-2H3,(H,29,34)(H,30,33)(H,31,36)(H,32,35)(H,37,38)(H4,26,27,28). The molecular formula is C23H45N9O6S. The number of aliphatic imine (C=N–C) groups is 1. The lowest BCUT2D eigenvalue weighted by Crippen LogP contribution is -2.58. The summed E-state index contributed by atoms with van der Waals surface area (Å²) in [6.45, 7) is 3.83. The molecule has 0 radical (unpaired) electrons. The van der Waals surface area contributed by atoms with Gasteiger partial charge in [-0.05, 0) is 44.6 Å². The molecule has 0 fully saturated rings. The van der Waals surface area contributed by atoms with Crippen molar-refractivity contribution in [2.24, 2.45) is 33.8 Å². The summed E-state index contributed by atoms with van der Waals surface area (Å²) in [7, 11) is 0.